The number of carbonyl (C=O) groups is 1. The van der Waals surface area contributed by atoms with E-state index in [0.717, 1.165) is 48.4 Å². The molecule has 0 bridgehead atoms. The number of hydrogen-bond acceptors (Lipinski definition) is 5. The number of carbonyl (C=O) groups excluding carboxylic acids is 1. The van der Waals surface area contributed by atoms with Crippen LogP contribution < -0.4 is 14.3 Å². The second-order valence-electron chi connectivity index (χ2n) is 7.52. The summed E-state index contributed by atoms with van der Waals surface area (Å²) in [4.78, 5) is 13.7. The van der Waals surface area contributed by atoms with Gasteiger partial charge in [0.15, 0.2) is 5.82 Å². The Morgan fingerprint density at radius 2 is 2.07 bits per heavy atom. The molecule has 148 valence electrons. The SMILES string of the molecule is O=C1CN(c2c(O)cc3c(c2F)CN(CCC2CCNCC2)CC3)S(=O)N1. The van der Waals surface area contributed by atoms with E-state index in [-0.39, 0.29) is 18.0 Å². The largest absolute Gasteiger partial charge is 0.506 e. The van der Waals surface area contributed by atoms with Crippen LogP contribution in [-0.2, 0) is 28.9 Å². The molecule has 2 fully saturated rings. The Labute approximate surface area is 160 Å². The van der Waals surface area contributed by atoms with Crippen LogP contribution in [-0.4, -0.2) is 52.8 Å². The Hall–Kier alpha value is -1.71. The molecule has 1 atom stereocenters. The molecule has 1 unspecified atom stereocenters. The molecule has 0 saturated carbocycles. The lowest BCUT2D eigenvalue weighted by Gasteiger charge is -2.32. The molecule has 3 aliphatic rings. The highest BCUT2D eigenvalue weighted by Crippen LogP contribution is 2.38. The van der Waals surface area contributed by atoms with Gasteiger partial charge in [0.2, 0.25) is 11.2 Å². The van der Waals surface area contributed by atoms with Gasteiger partial charge in [-0.05, 0) is 62.9 Å². The zero-order valence-electron chi connectivity index (χ0n) is 15.2. The summed E-state index contributed by atoms with van der Waals surface area (Å²) in [7, 11) is 0. The van der Waals surface area contributed by atoms with Crippen molar-refractivity contribution in [1.82, 2.24) is 14.9 Å². The number of fused-ring (bicyclic) bond motifs is 1. The van der Waals surface area contributed by atoms with Gasteiger partial charge >= 0.3 is 0 Å². The molecule has 0 spiro atoms. The van der Waals surface area contributed by atoms with Crippen molar-refractivity contribution in [2.24, 2.45) is 5.92 Å². The van der Waals surface area contributed by atoms with Crippen molar-refractivity contribution in [2.75, 3.05) is 37.0 Å². The first kappa shape index (κ1) is 18.6. The monoisotopic (exact) mass is 396 g/mol. The van der Waals surface area contributed by atoms with E-state index in [9.17, 15) is 14.1 Å². The molecular formula is C18H25FN4O3S. The summed E-state index contributed by atoms with van der Waals surface area (Å²) >= 11 is -1.86. The van der Waals surface area contributed by atoms with Gasteiger partial charge in [0.25, 0.3) is 5.91 Å². The van der Waals surface area contributed by atoms with Crippen LogP contribution in [0.5, 0.6) is 5.75 Å². The highest BCUT2D eigenvalue weighted by Gasteiger charge is 2.34. The van der Waals surface area contributed by atoms with Crippen LogP contribution in [0.1, 0.15) is 30.4 Å². The number of halogens is 1. The maximum absolute atomic E-state index is 15.2. The first-order chi connectivity index (χ1) is 13.0. The minimum atomic E-state index is -1.86. The average molecular weight is 396 g/mol. The highest BCUT2D eigenvalue weighted by molar-refractivity contribution is 7.85. The minimum absolute atomic E-state index is 0.148. The van der Waals surface area contributed by atoms with E-state index in [1.165, 1.54) is 12.8 Å². The first-order valence-electron chi connectivity index (χ1n) is 9.48. The summed E-state index contributed by atoms with van der Waals surface area (Å²) in [6.07, 6.45) is 4.17. The normalized spacial score (nSPS) is 24.1. The molecule has 3 aliphatic heterocycles. The van der Waals surface area contributed by atoms with Crippen LogP contribution in [0.15, 0.2) is 6.07 Å². The fraction of sp³-hybridized carbons (Fsp3) is 0.611. The van der Waals surface area contributed by atoms with E-state index < -0.39 is 22.9 Å². The zero-order chi connectivity index (χ0) is 19.0. The molecule has 1 aromatic carbocycles. The molecule has 0 aromatic heterocycles. The van der Waals surface area contributed by atoms with Gasteiger partial charge in [-0.15, -0.1) is 0 Å². The number of phenols is 1. The van der Waals surface area contributed by atoms with Gasteiger partial charge in [-0.25, -0.2) is 8.60 Å². The van der Waals surface area contributed by atoms with Gasteiger partial charge in [0, 0.05) is 18.7 Å². The third-order valence-electron chi connectivity index (χ3n) is 5.74. The summed E-state index contributed by atoms with van der Waals surface area (Å²) in [6, 6.07) is 1.55. The average Bonchev–Trinajstić information content (AvgIpc) is 2.99. The number of hydrogen-bond donors (Lipinski definition) is 3. The van der Waals surface area contributed by atoms with Crippen molar-refractivity contribution < 1.29 is 18.5 Å². The number of benzene rings is 1. The number of anilines is 1. The Balaban J connectivity index is 1.51. The van der Waals surface area contributed by atoms with E-state index in [2.05, 4.69) is 14.9 Å². The number of nitrogens with zero attached hydrogens (tertiary/aromatic N) is 2. The second kappa shape index (κ2) is 7.73. The van der Waals surface area contributed by atoms with E-state index in [4.69, 9.17) is 0 Å². The molecule has 0 aliphatic carbocycles. The Kier molecular flexibility index (Phi) is 5.34. The van der Waals surface area contributed by atoms with Crippen molar-refractivity contribution in [1.29, 1.82) is 0 Å². The summed E-state index contributed by atoms with van der Waals surface area (Å²) in [5, 5.41) is 13.6. The Morgan fingerprint density at radius 3 is 2.78 bits per heavy atom. The summed E-state index contributed by atoms with van der Waals surface area (Å²) in [5.41, 5.74) is 1.18. The summed E-state index contributed by atoms with van der Waals surface area (Å²) in [5.74, 6) is -0.564. The van der Waals surface area contributed by atoms with Crippen molar-refractivity contribution in [3.05, 3.63) is 23.0 Å². The van der Waals surface area contributed by atoms with Gasteiger partial charge in [0.05, 0.1) is 0 Å². The van der Waals surface area contributed by atoms with E-state index >= 15 is 4.39 Å². The molecule has 1 aromatic rings. The number of rotatable bonds is 4. The molecule has 27 heavy (non-hydrogen) atoms. The van der Waals surface area contributed by atoms with Crippen molar-refractivity contribution in [3.63, 3.8) is 0 Å². The van der Waals surface area contributed by atoms with Crippen LogP contribution >= 0.6 is 0 Å². The molecule has 9 heteroatoms. The molecule has 3 heterocycles. The van der Waals surface area contributed by atoms with E-state index in [1.807, 2.05) is 0 Å². The van der Waals surface area contributed by atoms with E-state index in [1.54, 1.807) is 6.07 Å². The predicted molar refractivity (Wildman–Crippen MR) is 101 cm³/mol. The number of piperidine rings is 1. The minimum Gasteiger partial charge on any atom is -0.506 e. The van der Waals surface area contributed by atoms with Crippen molar-refractivity contribution in [2.45, 2.75) is 32.2 Å². The van der Waals surface area contributed by atoms with Gasteiger partial charge in [-0.1, -0.05) is 0 Å². The van der Waals surface area contributed by atoms with Gasteiger partial charge in [0.1, 0.15) is 18.0 Å². The lowest BCUT2D eigenvalue weighted by atomic mass is 9.93. The van der Waals surface area contributed by atoms with E-state index in [0.29, 0.717) is 18.5 Å². The number of aromatic hydroxyl groups is 1. The fourth-order valence-electron chi connectivity index (χ4n) is 4.19. The Bertz CT molecular complexity index is 769. The molecule has 2 saturated heterocycles. The van der Waals surface area contributed by atoms with Gasteiger partial charge < -0.3 is 10.4 Å². The van der Waals surface area contributed by atoms with Crippen molar-refractivity contribution >= 4 is 22.8 Å². The first-order valence-corrected chi connectivity index (χ1v) is 10.6. The van der Waals surface area contributed by atoms with Crippen LogP contribution in [0.4, 0.5) is 10.1 Å². The summed E-state index contributed by atoms with van der Waals surface area (Å²) < 4.78 is 30.6. The van der Waals surface area contributed by atoms with Gasteiger partial charge in [-0.3, -0.25) is 18.7 Å². The third-order valence-corrected chi connectivity index (χ3v) is 6.86. The maximum atomic E-state index is 15.2. The highest BCUT2D eigenvalue weighted by atomic mass is 32.2. The molecular weight excluding hydrogens is 371 g/mol. The molecule has 0 radical (unpaired) electrons. The second-order valence-corrected chi connectivity index (χ2v) is 8.66. The van der Waals surface area contributed by atoms with Crippen molar-refractivity contribution in [3.8, 4) is 5.75 Å². The maximum Gasteiger partial charge on any atom is 0.253 e. The van der Waals surface area contributed by atoms with Crippen LogP contribution in [0.25, 0.3) is 0 Å². The lowest BCUT2D eigenvalue weighted by molar-refractivity contribution is -0.117. The van der Waals surface area contributed by atoms with Crippen LogP contribution in [0.3, 0.4) is 0 Å². The predicted octanol–water partition coefficient (Wildman–Crippen LogP) is 0.794. The smallest absolute Gasteiger partial charge is 0.253 e. The zero-order valence-corrected chi connectivity index (χ0v) is 16.0. The third kappa shape index (κ3) is 3.81. The number of nitrogens with one attached hydrogen (secondary N) is 2. The fourth-order valence-corrected chi connectivity index (χ4v) is 5.14. The molecule has 3 N–H and O–H groups in total. The summed E-state index contributed by atoms with van der Waals surface area (Å²) in [6.45, 7) is 4.16. The quantitative estimate of drug-likeness (QED) is 0.701. The number of phenolic OH excluding ortho intramolecular Hbond substituents is 1. The molecule has 4 rings (SSSR count). The van der Waals surface area contributed by atoms with Gasteiger partial charge in [-0.2, -0.15) is 0 Å². The molecule has 7 nitrogen and oxygen atoms in total. The van der Waals surface area contributed by atoms with Crippen LogP contribution in [0.2, 0.25) is 0 Å². The molecule has 1 amide bonds. The standard InChI is InChI=1S/C18H25FN4O3S/c19-17-14-10-22(7-3-12-1-5-20-6-2-12)8-4-13(14)9-15(24)18(17)23-11-16(25)21-27(23)26/h9,12,20,24H,1-8,10-11H2,(H,21,25). The Morgan fingerprint density at radius 1 is 1.30 bits per heavy atom. The van der Waals surface area contributed by atoms with Crippen LogP contribution in [0, 0.1) is 11.7 Å². The lowest BCUT2D eigenvalue weighted by Crippen LogP contribution is -2.35. The topological polar surface area (TPSA) is 84.9 Å². The number of amides is 1.